The van der Waals surface area contributed by atoms with Crippen molar-refractivity contribution < 1.29 is 14.3 Å². The minimum Gasteiger partial charge on any atom is -0.460 e. The third-order valence-corrected chi connectivity index (χ3v) is 3.82. The molecular formula is C17H27N3O3. The van der Waals surface area contributed by atoms with Crippen molar-refractivity contribution in [1.82, 2.24) is 14.7 Å². The normalized spacial score (nSPS) is 18.8. The SMILES string of the molecule is Cc1cnn(C2CCCN(C(=O)CCC(=O)OC(C)(C)C)C2)c1. The zero-order valence-corrected chi connectivity index (χ0v) is 14.5. The Morgan fingerprint density at radius 2 is 2.09 bits per heavy atom. The molecule has 6 nitrogen and oxygen atoms in total. The standard InChI is InChI=1S/C17H27N3O3/c1-13-10-18-20(11-13)14-6-5-9-19(12-14)15(21)7-8-16(22)23-17(2,3)4/h10-11,14H,5-9,12H2,1-4H3. The highest BCUT2D eigenvalue weighted by molar-refractivity contribution is 5.81. The Balaban J connectivity index is 1.83. The van der Waals surface area contributed by atoms with Gasteiger partial charge in [-0.25, -0.2) is 0 Å². The highest BCUT2D eigenvalue weighted by Gasteiger charge is 2.26. The number of aryl methyl sites for hydroxylation is 1. The molecule has 1 aliphatic heterocycles. The predicted molar refractivity (Wildman–Crippen MR) is 86.9 cm³/mol. The molecule has 1 unspecified atom stereocenters. The number of aromatic nitrogens is 2. The maximum Gasteiger partial charge on any atom is 0.306 e. The Hall–Kier alpha value is -1.85. The molecule has 1 amide bonds. The van der Waals surface area contributed by atoms with Crippen molar-refractivity contribution in [2.45, 2.75) is 65.0 Å². The van der Waals surface area contributed by atoms with Crippen LogP contribution in [0.15, 0.2) is 12.4 Å². The van der Waals surface area contributed by atoms with Crippen molar-refractivity contribution in [1.29, 1.82) is 0 Å². The Morgan fingerprint density at radius 3 is 2.70 bits per heavy atom. The first kappa shape index (κ1) is 17.5. The summed E-state index contributed by atoms with van der Waals surface area (Å²) in [5, 5.41) is 4.35. The molecule has 23 heavy (non-hydrogen) atoms. The van der Waals surface area contributed by atoms with E-state index in [1.807, 2.05) is 49.7 Å². The van der Waals surface area contributed by atoms with Crippen LogP contribution in [0.25, 0.3) is 0 Å². The Kier molecular flexibility index (Phi) is 5.44. The molecule has 2 heterocycles. The molecular weight excluding hydrogens is 294 g/mol. The van der Waals surface area contributed by atoms with Crippen LogP contribution >= 0.6 is 0 Å². The lowest BCUT2D eigenvalue weighted by atomic mass is 10.1. The quantitative estimate of drug-likeness (QED) is 0.799. The molecule has 0 radical (unpaired) electrons. The second kappa shape index (κ2) is 7.15. The zero-order chi connectivity index (χ0) is 17.0. The smallest absolute Gasteiger partial charge is 0.306 e. The highest BCUT2D eigenvalue weighted by atomic mass is 16.6. The molecule has 0 bridgehead atoms. The van der Waals surface area contributed by atoms with E-state index in [0.29, 0.717) is 6.54 Å². The summed E-state index contributed by atoms with van der Waals surface area (Å²) in [6.07, 6.45) is 6.18. The first-order valence-corrected chi connectivity index (χ1v) is 8.25. The lowest BCUT2D eigenvalue weighted by molar-refractivity contribution is -0.156. The van der Waals surface area contributed by atoms with Crippen molar-refractivity contribution in [3.63, 3.8) is 0 Å². The number of carbonyl (C=O) groups excluding carboxylic acids is 2. The molecule has 1 aromatic heterocycles. The number of carbonyl (C=O) groups is 2. The maximum absolute atomic E-state index is 12.3. The van der Waals surface area contributed by atoms with Crippen LogP contribution in [0.3, 0.4) is 0 Å². The van der Waals surface area contributed by atoms with E-state index in [0.717, 1.165) is 24.9 Å². The van der Waals surface area contributed by atoms with Crippen LogP contribution in [-0.4, -0.2) is 45.2 Å². The lowest BCUT2D eigenvalue weighted by Gasteiger charge is -2.33. The zero-order valence-electron chi connectivity index (χ0n) is 14.5. The summed E-state index contributed by atoms with van der Waals surface area (Å²) in [4.78, 5) is 25.9. The van der Waals surface area contributed by atoms with Gasteiger partial charge < -0.3 is 9.64 Å². The molecule has 128 valence electrons. The molecule has 1 aliphatic rings. The number of hydrogen-bond acceptors (Lipinski definition) is 4. The molecule has 0 aromatic carbocycles. The highest BCUT2D eigenvalue weighted by Crippen LogP contribution is 2.22. The van der Waals surface area contributed by atoms with Gasteiger partial charge in [0.2, 0.25) is 5.91 Å². The van der Waals surface area contributed by atoms with Crippen molar-refractivity contribution in [3.05, 3.63) is 18.0 Å². The van der Waals surface area contributed by atoms with Crippen LogP contribution in [0.4, 0.5) is 0 Å². The molecule has 1 atom stereocenters. The van der Waals surface area contributed by atoms with E-state index in [-0.39, 0.29) is 30.8 Å². The molecule has 0 spiro atoms. The van der Waals surface area contributed by atoms with Crippen molar-refractivity contribution in [2.24, 2.45) is 0 Å². The van der Waals surface area contributed by atoms with Crippen LogP contribution in [0.5, 0.6) is 0 Å². The first-order chi connectivity index (χ1) is 10.7. The van der Waals surface area contributed by atoms with Gasteiger partial charge in [-0.1, -0.05) is 0 Å². The van der Waals surface area contributed by atoms with Crippen LogP contribution in [-0.2, 0) is 14.3 Å². The van der Waals surface area contributed by atoms with Crippen LogP contribution in [0.2, 0.25) is 0 Å². The summed E-state index contributed by atoms with van der Waals surface area (Å²) in [5.41, 5.74) is 0.618. The minimum absolute atomic E-state index is 0.0180. The van der Waals surface area contributed by atoms with E-state index in [1.54, 1.807) is 0 Å². The summed E-state index contributed by atoms with van der Waals surface area (Å²) in [6, 6.07) is 0.225. The van der Waals surface area contributed by atoms with Crippen LogP contribution in [0.1, 0.15) is 58.1 Å². The second-order valence-corrected chi connectivity index (χ2v) is 7.22. The van der Waals surface area contributed by atoms with Gasteiger partial charge in [0.1, 0.15) is 5.60 Å². The van der Waals surface area contributed by atoms with Gasteiger partial charge in [-0.3, -0.25) is 14.3 Å². The van der Waals surface area contributed by atoms with Gasteiger partial charge >= 0.3 is 5.97 Å². The molecule has 1 saturated heterocycles. The molecule has 1 fully saturated rings. The number of esters is 1. The van der Waals surface area contributed by atoms with Crippen LogP contribution in [0, 0.1) is 6.92 Å². The summed E-state index contributed by atoms with van der Waals surface area (Å²) < 4.78 is 7.19. The average Bonchev–Trinajstić information content (AvgIpc) is 2.90. The van der Waals surface area contributed by atoms with Crippen molar-refractivity contribution in [3.8, 4) is 0 Å². The second-order valence-electron chi connectivity index (χ2n) is 7.22. The summed E-state index contributed by atoms with van der Waals surface area (Å²) >= 11 is 0. The topological polar surface area (TPSA) is 64.4 Å². The molecule has 6 heteroatoms. The Morgan fingerprint density at radius 1 is 1.35 bits per heavy atom. The van der Waals surface area contributed by atoms with E-state index >= 15 is 0 Å². The summed E-state index contributed by atoms with van der Waals surface area (Å²) in [6.45, 7) is 8.91. The predicted octanol–water partition coefficient (Wildman–Crippen LogP) is 2.48. The minimum atomic E-state index is -0.506. The Labute approximate surface area is 137 Å². The molecule has 0 saturated carbocycles. The average molecular weight is 321 g/mol. The van der Waals surface area contributed by atoms with E-state index in [2.05, 4.69) is 5.10 Å². The molecule has 2 rings (SSSR count). The fraction of sp³-hybridized carbons (Fsp3) is 0.706. The van der Waals surface area contributed by atoms with Gasteiger partial charge in [-0.2, -0.15) is 5.10 Å². The summed E-state index contributed by atoms with van der Waals surface area (Å²) in [5.74, 6) is -0.299. The third kappa shape index (κ3) is 5.37. The van der Waals surface area contributed by atoms with Gasteiger partial charge in [0, 0.05) is 25.7 Å². The molecule has 0 aliphatic carbocycles. The lowest BCUT2D eigenvalue weighted by Crippen LogP contribution is -2.41. The van der Waals surface area contributed by atoms with E-state index < -0.39 is 5.60 Å². The van der Waals surface area contributed by atoms with Gasteiger partial charge in [-0.05, 0) is 46.1 Å². The van der Waals surface area contributed by atoms with Gasteiger partial charge in [0.25, 0.3) is 0 Å². The first-order valence-electron chi connectivity index (χ1n) is 8.25. The maximum atomic E-state index is 12.3. The number of likely N-dealkylation sites (tertiary alicyclic amines) is 1. The fourth-order valence-corrected chi connectivity index (χ4v) is 2.79. The largest absolute Gasteiger partial charge is 0.460 e. The van der Waals surface area contributed by atoms with Crippen LogP contribution < -0.4 is 0 Å². The van der Waals surface area contributed by atoms with E-state index in [1.165, 1.54) is 0 Å². The van der Waals surface area contributed by atoms with E-state index in [4.69, 9.17) is 4.74 Å². The molecule has 1 aromatic rings. The number of nitrogens with zero attached hydrogens (tertiary/aromatic N) is 3. The van der Waals surface area contributed by atoms with Gasteiger partial charge in [0.05, 0.1) is 18.7 Å². The molecule has 0 N–H and O–H groups in total. The van der Waals surface area contributed by atoms with Crippen molar-refractivity contribution in [2.75, 3.05) is 13.1 Å². The number of hydrogen-bond donors (Lipinski definition) is 0. The number of piperidine rings is 1. The summed E-state index contributed by atoms with van der Waals surface area (Å²) in [7, 11) is 0. The van der Waals surface area contributed by atoms with Crippen molar-refractivity contribution >= 4 is 11.9 Å². The monoisotopic (exact) mass is 321 g/mol. The fourth-order valence-electron chi connectivity index (χ4n) is 2.79. The number of amides is 1. The Bertz CT molecular complexity index is 560. The van der Waals surface area contributed by atoms with Gasteiger partial charge in [0.15, 0.2) is 0 Å². The third-order valence-electron chi connectivity index (χ3n) is 3.82. The number of ether oxygens (including phenoxy) is 1. The number of rotatable bonds is 4. The van der Waals surface area contributed by atoms with E-state index in [9.17, 15) is 9.59 Å². The van der Waals surface area contributed by atoms with Gasteiger partial charge in [-0.15, -0.1) is 0 Å².